The summed E-state index contributed by atoms with van der Waals surface area (Å²) < 4.78 is 5.24. The third-order valence-electron chi connectivity index (χ3n) is 4.36. The molecule has 0 amide bonds. The van der Waals surface area contributed by atoms with Gasteiger partial charge in [-0.05, 0) is 19.8 Å². The van der Waals surface area contributed by atoms with Crippen LogP contribution in [0.2, 0.25) is 0 Å². The molecular formula is C19H22N8O2. The first-order valence-electron chi connectivity index (χ1n) is 9.08. The second kappa shape index (κ2) is 8.99. The number of anilines is 2. The van der Waals surface area contributed by atoms with Crippen molar-refractivity contribution in [2.45, 2.75) is 32.2 Å². The summed E-state index contributed by atoms with van der Waals surface area (Å²) in [6, 6.07) is 5.60. The fraction of sp³-hybridized carbons (Fsp3) is 0.316. The fourth-order valence-corrected chi connectivity index (χ4v) is 2.60. The Labute approximate surface area is 167 Å². The Hall–Kier alpha value is -3.71. The molecule has 1 aliphatic carbocycles. The molecule has 0 spiro atoms. The Morgan fingerprint density at radius 2 is 2.03 bits per heavy atom. The average molecular weight is 394 g/mol. The Morgan fingerprint density at radius 3 is 2.59 bits per heavy atom. The molecule has 0 aliphatic heterocycles. The largest absolute Gasteiger partial charge is 0.482 e. The molecule has 150 valence electrons. The summed E-state index contributed by atoms with van der Waals surface area (Å²) in [6.07, 6.45) is 6.66. The molecule has 3 aromatic rings. The van der Waals surface area contributed by atoms with Crippen molar-refractivity contribution in [2.24, 2.45) is 5.73 Å². The van der Waals surface area contributed by atoms with Crippen molar-refractivity contribution in [3.8, 4) is 23.2 Å². The lowest BCUT2D eigenvalue weighted by Crippen LogP contribution is -2.27. The molecule has 10 heteroatoms. The number of nitrogens with two attached hydrogens (primary N) is 1. The van der Waals surface area contributed by atoms with Gasteiger partial charge in [0.25, 0.3) is 0 Å². The van der Waals surface area contributed by atoms with Gasteiger partial charge in [-0.2, -0.15) is 10.4 Å². The van der Waals surface area contributed by atoms with Gasteiger partial charge in [-0.1, -0.05) is 6.42 Å². The van der Waals surface area contributed by atoms with E-state index in [4.69, 9.17) is 15.7 Å². The Kier molecular flexibility index (Phi) is 6.21. The lowest BCUT2D eigenvalue weighted by molar-refractivity contribution is 0.398. The third kappa shape index (κ3) is 4.97. The van der Waals surface area contributed by atoms with Gasteiger partial charge in [-0.15, -0.1) is 0 Å². The van der Waals surface area contributed by atoms with E-state index >= 15 is 0 Å². The number of hydrogen-bond donors (Lipinski definition) is 4. The van der Waals surface area contributed by atoms with Crippen molar-refractivity contribution in [1.82, 2.24) is 25.1 Å². The standard InChI is InChI=1S/C15H13N7O2.C4H9N/c1-8-3-11(23)14(15(19-8)24-2)10-4-12(22-21-10)20-13-7-17-9(5-16)6-18-13;5-4-2-1-3-4/h3-4,6-7H,1-2H3,(H,19,23)(H2,18,20,21,22);4H,1-3,5H2. The summed E-state index contributed by atoms with van der Waals surface area (Å²) in [7, 11) is 1.48. The van der Waals surface area contributed by atoms with Gasteiger partial charge in [0.15, 0.2) is 16.9 Å². The fourth-order valence-electron chi connectivity index (χ4n) is 2.60. The van der Waals surface area contributed by atoms with Crippen molar-refractivity contribution < 1.29 is 4.74 Å². The number of H-pyrrole nitrogens is 2. The molecule has 1 saturated carbocycles. The number of nitriles is 1. The predicted octanol–water partition coefficient (Wildman–Crippen LogP) is 1.98. The van der Waals surface area contributed by atoms with Crippen LogP contribution in [0.15, 0.2) is 29.3 Å². The molecule has 29 heavy (non-hydrogen) atoms. The minimum atomic E-state index is -0.184. The van der Waals surface area contributed by atoms with Crippen LogP contribution >= 0.6 is 0 Å². The minimum Gasteiger partial charge on any atom is -0.482 e. The van der Waals surface area contributed by atoms with Gasteiger partial charge in [-0.25, -0.2) is 9.97 Å². The van der Waals surface area contributed by atoms with Gasteiger partial charge in [-0.3, -0.25) is 9.89 Å². The molecule has 0 saturated heterocycles. The molecule has 3 aromatic heterocycles. The van der Waals surface area contributed by atoms with Gasteiger partial charge in [0.1, 0.15) is 17.5 Å². The maximum absolute atomic E-state index is 12.2. The van der Waals surface area contributed by atoms with Crippen molar-refractivity contribution in [2.75, 3.05) is 12.4 Å². The lowest BCUT2D eigenvalue weighted by atomic mass is 9.95. The predicted molar refractivity (Wildman–Crippen MR) is 108 cm³/mol. The molecule has 0 aromatic carbocycles. The van der Waals surface area contributed by atoms with Gasteiger partial charge in [0.05, 0.1) is 25.2 Å². The minimum absolute atomic E-state index is 0.184. The number of aromatic amines is 2. The van der Waals surface area contributed by atoms with Crippen LogP contribution in [0.4, 0.5) is 11.6 Å². The number of nitrogens with one attached hydrogen (secondary N) is 3. The molecule has 10 nitrogen and oxygen atoms in total. The number of hydrogen-bond acceptors (Lipinski definition) is 8. The van der Waals surface area contributed by atoms with Crippen LogP contribution in [0, 0.1) is 18.3 Å². The van der Waals surface area contributed by atoms with E-state index < -0.39 is 0 Å². The van der Waals surface area contributed by atoms with Crippen molar-refractivity contribution in [1.29, 1.82) is 5.26 Å². The van der Waals surface area contributed by atoms with Crippen molar-refractivity contribution in [3.05, 3.63) is 46.1 Å². The number of aromatic nitrogens is 5. The first kappa shape index (κ1) is 20.0. The Bertz CT molecular complexity index is 1060. The van der Waals surface area contributed by atoms with E-state index in [1.54, 1.807) is 13.0 Å². The SMILES string of the molecule is COc1[nH]c(C)cc(=O)c1-c1cc(Nc2cnc(C#N)cn2)n[nH]1.NC1CCC1. The normalized spacial score (nSPS) is 12.9. The first-order chi connectivity index (χ1) is 14.0. The van der Waals surface area contributed by atoms with Crippen LogP contribution in [0.25, 0.3) is 11.3 Å². The van der Waals surface area contributed by atoms with Crippen LogP contribution in [0.5, 0.6) is 5.88 Å². The van der Waals surface area contributed by atoms with E-state index in [2.05, 4.69) is 30.5 Å². The molecule has 0 bridgehead atoms. The van der Waals surface area contributed by atoms with E-state index in [1.807, 2.05) is 6.07 Å². The van der Waals surface area contributed by atoms with Crippen LogP contribution in [0.3, 0.4) is 0 Å². The van der Waals surface area contributed by atoms with E-state index in [9.17, 15) is 4.79 Å². The molecule has 0 unspecified atom stereocenters. The average Bonchev–Trinajstić information content (AvgIpc) is 3.14. The Balaban J connectivity index is 0.000000419. The number of aryl methyl sites for hydroxylation is 1. The molecule has 5 N–H and O–H groups in total. The summed E-state index contributed by atoms with van der Waals surface area (Å²) in [5.74, 6) is 1.23. The number of pyridine rings is 1. The maximum Gasteiger partial charge on any atom is 0.204 e. The van der Waals surface area contributed by atoms with Gasteiger partial charge < -0.3 is 20.8 Å². The highest BCUT2D eigenvalue weighted by Gasteiger charge is 2.15. The van der Waals surface area contributed by atoms with E-state index in [0.717, 1.165) is 0 Å². The highest BCUT2D eigenvalue weighted by Crippen LogP contribution is 2.25. The van der Waals surface area contributed by atoms with Crippen LogP contribution in [0.1, 0.15) is 30.7 Å². The summed E-state index contributed by atoms with van der Waals surface area (Å²) >= 11 is 0. The van der Waals surface area contributed by atoms with Crippen molar-refractivity contribution in [3.63, 3.8) is 0 Å². The second-order valence-electron chi connectivity index (χ2n) is 6.61. The lowest BCUT2D eigenvalue weighted by Gasteiger charge is -2.18. The molecule has 0 radical (unpaired) electrons. The topological polar surface area (TPSA) is 158 Å². The van der Waals surface area contributed by atoms with E-state index in [1.165, 1.54) is 44.8 Å². The van der Waals surface area contributed by atoms with E-state index in [0.29, 0.717) is 40.5 Å². The first-order valence-corrected chi connectivity index (χ1v) is 9.08. The summed E-state index contributed by atoms with van der Waals surface area (Å²) in [4.78, 5) is 23.2. The van der Waals surface area contributed by atoms with Crippen molar-refractivity contribution >= 4 is 11.6 Å². The van der Waals surface area contributed by atoms with E-state index in [-0.39, 0.29) is 11.1 Å². The Morgan fingerprint density at radius 1 is 1.28 bits per heavy atom. The molecule has 1 aliphatic rings. The van der Waals surface area contributed by atoms with Crippen LogP contribution in [-0.4, -0.2) is 38.3 Å². The monoisotopic (exact) mass is 394 g/mol. The number of methoxy groups -OCH3 is 1. The zero-order valence-electron chi connectivity index (χ0n) is 16.2. The number of nitrogens with zero attached hydrogens (tertiary/aromatic N) is 4. The summed E-state index contributed by atoms with van der Waals surface area (Å²) in [6.45, 7) is 1.78. The smallest absolute Gasteiger partial charge is 0.204 e. The maximum atomic E-state index is 12.2. The summed E-state index contributed by atoms with van der Waals surface area (Å²) in [5, 5.41) is 18.5. The second-order valence-corrected chi connectivity index (χ2v) is 6.61. The van der Waals surface area contributed by atoms with Gasteiger partial charge in [0.2, 0.25) is 5.88 Å². The quantitative estimate of drug-likeness (QED) is 0.523. The van der Waals surface area contributed by atoms with Crippen LogP contribution in [-0.2, 0) is 0 Å². The zero-order valence-corrected chi connectivity index (χ0v) is 16.2. The zero-order chi connectivity index (χ0) is 20.8. The third-order valence-corrected chi connectivity index (χ3v) is 4.36. The van der Waals surface area contributed by atoms with Gasteiger partial charge in [0, 0.05) is 23.9 Å². The summed E-state index contributed by atoms with van der Waals surface area (Å²) in [5.41, 5.74) is 6.97. The highest BCUT2D eigenvalue weighted by atomic mass is 16.5. The van der Waals surface area contributed by atoms with Gasteiger partial charge >= 0.3 is 0 Å². The molecule has 0 atom stereocenters. The highest BCUT2D eigenvalue weighted by molar-refractivity contribution is 5.68. The number of rotatable bonds is 4. The molecule has 1 fully saturated rings. The molecular weight excluding hydrogens is 372 g/mol. The molecule has 4 rings (SSSR count). The molecule has 3 heterocycles. The van der Waals surface area contributed by atoms with Crippen LogP contribution < -0.4 is 21.2 Å². The number of ether oxygens (including phenoxy) is 1.